The van der Waals surface area contributed by atoms with Gasteiger partial charge in [-0.25, -0.2) is 9.97 Å². The van der Waals surface area contributed by atoms with Crippen molar-refractivity contribution in [1.82, 2.24) is 34.0 Å². The van der Waals surface area contributed by atoms with Gasteiger partial charge in [0.15, 0.2) is 0 Å². The summed E-state index contributed by atoms with van der Waals surface area (Å²) in [6.45, 7) is 1.70. The van der Waals surface area contributed by atoms with Crippen LogP contribution in [0.1, 0.15) is 59.8 Å². The normalized spacial score (nSPS) is 18.0. The summed E-state index contributed by atoms with van der Waals surface area (Å²) < 4.78 is 3.98. The van der Waals surface area contributed by atoms with Crippen LogP contribution >= 0.6 is 0 Å². The Balaban J connectivity index is 1.44. The number of pyridine rings is 1. The molecule has 0 unspecified atom stereocenters. The van der Waals surface area contributed by atoms with Gasteiger partial charge in [0.05, 0.1) is 41.6 Å². The molecule has 9 nitrogen and oxygen atoms in total. The molecule has 0 aromatic carbocycles. The van der Waals surface area contributed by atoms with Crippen molar-refractivity contribution in [3.05, 3.63) is 65.1 Å². The van der Waals surface area contributed by atoms with E-state index in [1.54, 1.807) is 11.1 Å². The van der Waals surface area contributed by atoms with E-state index in [0.29, 0.717) is 37.8 Å². The monoisotopic (exact) mass is 452 g/mol. The second-order valence-corrected chi connectivity index (χ2v) is 9.40. The van der Waals surface area contributed by atoms with Gasteiger partial charge in [-0.15, -0.1) is 0 Å². The number of amides is 1. The topological polar surface area (TPSA) is 93.6 Å². The van der Waals surface area contributed by atoms with Crippen LogP contribution in [0.2, 0.25) is 0 Å². The largest absolute Gasteiger partial charge is 0.340 e. The van der Waals surface area contributed by atoms with Crippen molar-refractivity contribution in [2.24, 2.45) is 4.99 Å². The van der Waals surface area contributed by atoms with Crippen LogP contribution in [0.15, 0.2) is 41.9 Å². The molecule has 4 aromatic rings. The minimum Gasteiger partial charge on any atom is -0.340 e. The molecule has 0 saturated heterocycles. The van der Waals surface area contributed by atoms with E-state index in [2.05, 4.69) is 17.2 Å². The summed E-state index contributed by atoms with van der Waals surface area (Å²) in [5.74, 6) is 1.21. The Morgan fingerprint density at radius 2 is 2.03 bits per heavy atom. The van der Waals surface area contributed by atoms with E-state index < -0.39 is 0 Å². The highest BCUT2D eigenvalue weighted by molar-refractivity contribution is 6.16. The number of rotatable bonds is 1. The van der Waals surface area contributed by atoms with Crippen molar-refractivity contribution in [2.45, 2.75) is 51.2 Å². The second-order valence-electron chi connectivity index (χ2n) is 9.40. The number of carbonyl (C=O) groups excluding carboxylic acids is 1. The third-order valence-corrected chi connectivity index (χ3v) is 6.96. The van der Waals surface area contributed by atoms with E-state index in [1.165, 1.54) is 12.8 Å². The second kappa shape index (κ2) is 7.31. The van der Waals surface area contributed by atoms with Gasteiger partial charge in [-0.05, 0) is 31.4 Å². The highest BCUT2D eigenvalue weighted by Crippen LogP contribution is 2.42. The molecule has 1 amide bonds. The zero-order valence-corrected chi connectivity index (χ0v) is 19.0. The maximum atomic E-state index is 12.9. The van der Waals surface area contributed by atoms with E-state index in [-0.39, 0.29) is 5.91 Å². The van der Waals surface area contributed by atoms with Crippen molar-refractivity contribution >= 4 is 17.4 Å². The number of nitrogens with zero attached hydrogens (tertiary/aromatic N) is 8. The molecule has 0 atom stereocenters. The molecule has 2 aliphatic heterocycles. The van der Waals surface area contributed by atoms with E-state index >= 15 is 0 Å². The Morgan fingerprint density at radius 1 is 1.12 bits per heavy atom. The Morgan fingerprint density at radius 3 is 2.91 bits per heavy atom. The molecule has 34 heavy (non-hydrogen) atoms. The minimum absolute atomic E-state index is 0.0955. The van der Waals surface area contributed by atoms with Crippen LogP contribution in [-0.2, 0) is 24.4 Å². The van der Waals surface area contributed by atoms with Gasteiger partial charge >= 0.3 is 0 Å². The number of aliphatic imine (C=N–C) groups is 1. The van der Waals surface area contributed by atoms with E-state index in [9.17, 15) is 4.79 Å². The average molecular weight is 453 g/mol. The summed E-state index contributed by atoms with van der Waals surface area (Å²) in [7, 11) is 1.84. The first-order chi connectivity index (χ1) is 16.7. The number of hydrogen-bond donors (Lipinski definition) is 0. The van der Waals surface area contributed by atoms with Crippen LogP contribution < -0.4 is 0 Å². The molecule has 0 spiro atoms. The number of hydrogen-bond acceptors (Lipinski definition) is 6. The molecule has 9 heteroatoms. The third-order valence-electron chi connectivity index (χ3n) is 6.96. The van der Waals surface area contributed by atoms with Gasteiger partial charge < -0.3 is 4.90 Å². The van der Waals surface area contributed by atoms with Crippen molar-refractivity contribution < 1.29 is 4.79 Å². The van der Waals surface area contributed by atoms with Crippen LogP contribution in [0, 0.1) is 0 Å². The molecule has 1 saturated carbocycles. The van der Waals surface area contributed by atoms with Crippen LogP contribution in [0.4, 0.5) is 0 Å². The maximum Gasteiger partial charge on any atom is 0.234 e. The first-order valence-electron chi connectivity index (χ1n) is 11.8. The number of aromatic nitrogens is 6. The highest BCUT2D eigenvalue weighted by atomic mass is 16.2. The molecule has 1 fully saturated rings. The van der Waals surface area contributed by atoms with Crippen LogP contribution in [0.5, 0.6) is 0 Å². The van der Waals surface area contributed by atoms with E-state index in [1.807, 2.05) is 34.6 Å². The molecule has 0 N–H and O–H groups in total. The summed E-state index contributed by atoms with van der Waals surface area (Å²) in [5, 5.41) is 4.92. The van der Waals surface area contributed by atoms with E-state index in [4.69, 9.17) is 20.1 Å². The molecular weight excluding hydrogens is 428 g/mol. The van der Waals surface area contributed by atoms with Gasteiger partial charge in [0.1, 0.15) is 0 Å². The molecule has 0 radical (unpaired) electrons. The minimum atomic E-state index is 0.0955. The fourth-order valence-electron chi connectivity index (χ4n) is 5.06. The van der Waals surface area contributed by atoms with Gasteiger partial charge in [-0.1, -0.05) is 0 Å². The Labute approximate surface area is 196 Å². The zero-order chi connectivity index (χ0) is 22.8. The first kappa shape index (κ1) is 19.6. The standard InChI is InChI=1S/C25H24N8O/c1-31-14-20-24(33-9-3-7-26-25(33)29-20)16-10-17-19(27-11-16)12-28-23(17)18-13-32(8-2-4-21(31)34)30-22(18)15-5-6-15/h3,7,9-11,13,15H,2,4-6,8,12,14H2,1H3. The smallest absolute Gasteiger partial charge is 0.234 e. The Hall–Kier alpha value is -3.88. The third kappa shape index (κ3) is 3.07. The molecule has 4 aromatic heterocycles. The predicted molar refractivity (Wildman–Crippen MR) is 125 cm³/mol. The molecule has 170 valence electrons. The summed E-state index contributed by atoms with van der Waals surface area (Å²) >= 11 is 0. The zero-order valence-electron chi connectivity index (χ0n) is 19.0. The van der Waals surface area contributed by atoms with Crippen molar-refractivity contribution in [3.8, 4) is 11.3 Å². The van der Waals surface area contributed by atoms with E-state index in [0.717, 1.165) is 51.6 Å². The maximum absolute atomic E-state index is 12.9. The molecule has 6 heterocycles. The first-order valence-corrected chi connectivity index (χ1v) is 11.8. The Bertz CT molecular complexity index is 1490. The number of carbonyl (C=O) groups is 1. The lowest BCUT2D eigenvalue weighted by Crippen LogP contribution is -2.26. The molecule has 4 bridgehead atoms. The molecule has 1 aliphatic carbocycles. The van der Waals surface area contributed by atoms with Gasteiger partial charge in [0, 0.05) is 67.4 Å². The Kier molecular flexibility index (Phi) is 4.21. The van der Waals surface area contributed by atoms with Gasteiger partial charge in [0.2, 0.25) is 11.7 Å². The predicted octanol–water partition coefficient (Wildman–Crippen LogP) is 2.97. The van der Waals surface area contributed by atoms with Gasteiger partial charge in [-0.2, -0.15) is 5.10 Å². The number of imidazole rings is 1. The average Bonchev–Trinajstić information content (AvgIpc) is 3.31. The molecular formula is C25H24N8O. The lowest BCUT2D eigenvalue weighted by atomic mass is 9.99. The van der Waals surface area contributed by atoms with Crippen molar-refractivity contribution in [2.75, 3.05) is 7.05 Å². The van der Waals surface area contributed by atoms with Crippen molar-refractivity contribution in [1.29, 1.82) is 0 Å². The summed E-state index contributed by atoms with van der Waals surface area (Å²) in [5.41, 5.74) is 7.94. The quantitative estimate of drug-likeness (QED) is 0.443. The van der Waals surface area contributed by atoms with Crippen LogP contribution in [-0.4, -0.2) is 52.7 Å². The van der Waals surface area contributed by atoms with Crippen LogP contribution in [0.3, 0.4) is 0 Å². The fourth-order valence-corrected chi connectivity index (χ4v) is 5.06. The molecule has 3 aliphatic rings. The van der Waals surface area contributed by atoms with Gasteiger partial charge in [-0.3, -0.25) is 23.9 Å². The van der Waals surface area contributed by atoms with Crippen LogP contribution in [0.25, 0.3) is 17.0 Å². The highest BCUT2D eigenvalue weighted by Gasteiger charge is 2.33. The fraction of sp³-hybridized carbons (Fsp3) is 0.360. The lowest BCUT2D eigenvalue weighted by molar-refractivity contribution is -0.130. The molecule has 7 rings (SSSR count). The summed E-state index contributed by atoms with van der Waals surface area (Å²) in [6.07, 6.45) is 11.2. The SMILES string of the molecule is CN1Cc2nc3ncccn3c2-c2cnc3c(c2)C(=NC3)c2cn(nc2C2CC2)CCCC1=O. The van der Waals surface area contributed by atoms with Crippen molar-refractivity contribution in [3.63, 3.8) is 0 Å². The number of fused-ring (bicyclic) bond motifs is 8. The summed E-state index contributed by atoms with van der Waals surface area (Å²) in [4.78, 5) is 33.6. The van der Waals surface area contributed by atoms with Gasteiger partial charge in [0.25, 0.3) is 0 Å². The lowest BCUT2D eigenvalue weighted by Gasteiger charge is -2.17. The summed E-state index contributed by atoms with van der Waals surface area (Å²) in [6, 6.07) is 4.06. The number of aryl methyl sites for hydroxylation is 1.